The smallest absolute Gasteiger partial charge is 0.264 e. The highest BCUT2D eigenvalue weighted by atomic mass is 35.5. The molecule has 0 radical (unpaired) electrons. The first-order valence-corrected chi connectivity index (χ1v) is 11.9. The summed E-state index contributed by atoms with van der Waals surface area (Å²) in [7, 11) is -2.63. The van der Waals surface area contributed by atoms with Gasteiger partial charge in [-0.05, 0) is 60.9 Å². The largest absolute Gasteiger partial charge is 0.495 e. The summed E-state index contributed by atoms with van der Waals surface area (Å²) in [6, 6.07) is 18.2. The van der Waals surface area contributed by atoms with Crippen LogP contribution in [0, 0.1) is 6.92 Å². The number of aryl methyl sites for hydroxylation is 2. The molecule has 0 spiro atoms. The van der Waals surface area contributed by atoms with Crippen molar-refractivity contribution in [1.82, 2.24) is 0 Å². The van der Waals surface area contributed by atoms with Crippen molar-refractivity contribution in [2.45, 2.75) is 25.2 Å². The van der Waals surface area contributed by atoms with E-state index in [1.54, 1.807) is 24.3 Å². The van der Waals surface area contributed by atoms with E-state index in [2.05, 4.69) is 5.32 Å². The van der Waals surface area contributed by atoms with Crippen LogP contribution < -0.4 is 14.4 Å². The van der Waals surface area contributed by atoms with Crippen molar-refractivity contribution >= 4 is 38.9 Å². The zero-order chi connectivity index (χ0) is 23.3. The van der Waals surface area contributed by atoms with Crippen LogP contribution >= 0.6 is 11.6 Å². The summed E-state index contributed by atoms with van der Waals surface area (Å²) in [5.74, 6) is -0.125. The fraction of sp³-hybridized carbons (Fsp3) is 0.208. The summed E-state index contributed by atoms with van der Waals surface area (Å²) in [6.45, 7) is 3.47. The molecule has 1 amide bonds. The molecule has 3 aromatic rings. The molecule has 32 heavy (non-hydrogen) atoms. The molecule has 0 aliphatic rings. The minimum atomic E-state index is -4.08. The zero-order valence-corrected chi connectivity index (χ0v) is 19.7. The molecule has 168 valence electrons. The van der Waals surface area contributed by atoms with E-state index in [1.807, 2.05) is 32.0 Å². The Morgan fingerprint density at radius 3 is 2.38 bits per heavy atom. The van der Waals surface area contributed by atoms with Gasteiger partial charge in [0.25, 0.3) is 10.0 Å². The van der Waals surface area contributed by atoms with Gasteiger partial charge in [-0.25, -0.2) is 8.42 Å². The van der Waals surface area contributed by atoms with Gasteiger partial charge in [-0.3, -0.25) is 9.10 Å². The molecule has 3 aromatic carbocycles. The van der Waals surface area contributed by atoms with Gasteiger partial charge in [0.15, 0.2) is 0 Å². The van der Waals surface area contributed by atoms with Crippen LogP contribution in [0.25, 0.3) is 0 Å². The summed E-state index contributed by atoms with van der Waals surface area (Å²) in [5, 5.41) is 3.31. The van der Waals surface area contributed by atoms with Gasteiger partial charge in [-0.15, -0.1) is 0 Å². The quantitative estimate of drug-likeness (QED) is 0.497. The van der Waals surface area contributed by atoms with Gasteiger partial charge in [0, 0.05) is 10.7 Å². The Labute approximate surface area is 193 Å². The molecule has 3 rings (SSSR count). The first-order chi connectivity index (χ1) is 15.3. The van der Waals surface area contributed by atoms with Gasteiger partial charge in [0.1, 0.15) is 12.3 Å². The van der Waals surface area contributed by atoms with E-state index < -0.39 is 22.5 Å². The monoisotopic (exact) mass is 472 g/mol. The number of amides is 1. The summed E-state index contributed by atoms with van der Waals surface area (Å²) >= 11 is 5.93. The highest BCUT2D eigenvalue weighted by Gasteiger charge is 2.29. The molecule has 8 heteroatoms. The lowest BCUT2D eigenvalue weighted by Crippen LogP contribution is -2.38. The van der Waals surface area contributed by atoms with Crippen LogP contribution in [0.2, 0.25) is 5.02 Å². The molecular formula is C24H25ClN2O4S. The number of carbonyl (C=O) groups is 1. The molecule has 0 atom stereocenters. The zero-order valence-electron chi connectivity index (χ0n) is 18.1. The lowest BCUT2D eigenvalue weighted by atomic mass is 10.1. The number of nitrogens with one attached hydrogen (secondary N) is 1. The highest BCUT2D eigenvalue weighted by Crippen LogP contribution is 2.32. The third-order valence-corrected chi connectivity index (χ3v) is 7.07. The van der Waals surface area contributed by atoms with Crippen molar-refractivity contribution in [2.24, 2.45) is 0 Å². The first-order valence-electron chi connectivity index (χ1n) is 10.1. The molecule has 0 heterocycles. The molecule has 0 fully saturated rings. The maximum Gasteiger partial charge on any atom is 0.264 e. The van der Waals surface area contributed by atoms with Crippen LogP contribution in [0.4, 0.5) is 11.4 Å². The third-order valence-electron chi connectivity index (χ3n) is 5.05. The summed E-state index contributed by atoms with van der Waals surface area (Å²) in [6.07, 6.45) is 0.733. The maximum absolute atomic E-state index is 13.5. The van der Waals surface area contributed by atoms with Crippen molar-refractivity contribution in [3.63, 3.8) is 0 Å². The van der Waals surface area contributed by atoms with E-state index in [-0.39, 0.29) is 10.6 Å². The van der Waals surface area contributed by atoms with Gasteiger partial charge in [-0.1, -0.05) is 48.9 Å². The van der Waals surface area contributed by atoms with E-state index in [4.69, 9.17) is 16.3 Å². The van der Waals surface area contributed by atoms with E-state index in [0.717, 1.165) is 21.9 Å². The predicted octanol–water partition coefficient (Wildman–Crippen LogP) is 5.05. The van der Waals surface area contributed by atoms with E-state index >= 15 is 0 Å². The van der Waals surface area contributed by atoms with E-state index in [9.17, 15) is 13.2 Å². The van der Waals surface area contributed by atoms with E-state index in [1.165, 1.54) is 31.4 Å². The molecule has 0 aliphatic carbocycles. The summed E-state index contributed by atoms with van der Waals surface area (Å²) < 4.78 is 33.5. The Balaban J connectivity index is 2.02. The number of benzene rings is 3. The second kappa shape index (κ2) is 10.1. The Kier molecular flexibility index (Phi) is 7.43. The topological polar surface area (TPSA) is 75.7 Å². The van der Waals surface area contributed by atoms with Crippen LogP contribution in [0.3, 0.4) is 0 Å². The van der Waals surface area contributed by atoms with Crippen molar-refractivity contribution in [2.75, 3.05) is 23.3 Å². The molecule has 0 aliphatic heterocycles. The minimum Gasteiger partial charge on any atom is -0.495 e. The molecular weight excluding hydrogens is 448 g/mol. The van der Waals surface area contributed by atoms with E-state index in [0.29, 0.717) is 16.5 Å². The Bertz CT molecular complexity index is 1210. The van der Waals surface area contributed by atoms with Crippen molar-refractivity contribution in [3.05, 3.63) is 82.9 Å². The predicted molar refractivity (Wildman–Crippen MR) is 128 cm³/mol. The fourth-order valence-corrected chi connectivity index (χ4v) is 4.94. The van der Waals surface area contributed by atoms with Crippen LogP contribution in [-0.4, -0.2) is 28.0 Å². The number of ether oxygens (including phenoxy) is 1. The molecule has 0 saturated heterocycles. The third kappa shape index (κ3) is 5.06. The minimum absolute atomic E-state index is 0.0192. The van der Waals surface area contributed by atoms with Gasteiger partial charge in [-0.2, -0.15) is 0 Å². The van der Waals surface area contributed by atoms with Gasteiger partial charge in [0.05, 0.1) is 17.7 Å². The number of methoxy groups -OCH3 is 1. The molecule has 1 N–H and O–H groups in total. The standard InChI is InChI=1S/C24H25ClN2O4S/c1-4-18-9-7-8-17(2)24(18)26-23(28)16-27(21-10-5-6-11-22(21)31-3)32(29,30)20-14-12-19(25)13-15-20/h5-15H,4,16H2,1-3H3,(H,26,28). The number of sulfonamides is 1. The number of rotatable bonds is 8. The van der Waals surface area contributed by atoms with Gasteiger partial charge in [0.2, 0.25) is 5.91 Å². The number of carbonyl (C=O) groups excluding carboxylic acids is 1. The Morgan fingerprint density at radius 1 is 1.03 bits per heavy atom. The fourth-order valence-electron chi connectivity index (χ4n) is 3.38. The van der Waals surface area contributed by atoms with Crippen molar-refractivity contribution < 1.29 is 17.9 Å². The van der Waals surface area contributed by atoms with Gasteiger partial charge >= 0.3 is 0 Å². The van der Waals surface area contributed by atoms with Crippen LogP contribution in [0.5, 0.6) is 5.75 Å². The lowest BCUT2D eigenvalue weighted by molar-refractivity contribution is -0.114. The Morgan fingerprint density at radius 2 is 1.72 bits per heavy atom. The van der Waals surface area contributed by atoms with Crippen LogP contribution in [0.15, 0.2) is 71.6 Å². The number of nitrogens with zero attached hydrogens (tertiary/aromatic N) is 1. The van der Waals surface area contributed by atoms with Crippen LogP contribution in [-0.2, 0) is 21.2 Å². The maximum atomic E-state index is 13.5. The molecule has 0 unspecified atom stereocenters. The number of hydrogen-bond acceptors (Lipinski definition) is 4. The second-order valence-electron chi connectivity index (χ2n) is 7.15. The molecule has 0 aromatic heterocycles. The summed E-state index contributed by atoms with van der Waals surface area (Å²) in [5.41, 5.74) is 2.84. The lowest BCUT2D eigenvalue weighted by Gasteiger charge is -2.26. The molecule has 6 nitrogen and oxygen atoms in total. The number of halogens is 1. The number of hydrogen-bond donors (Lipinski definition) is 1. The van der Waals surface area contributed by atoms with Crippen LogP contribution in [0.1, 0.15) is 18.1 Å². The average molecular weight is 473 g/mol. The highest BCUT2D eigenvalue weighted by molar-refractivity contribution is 7.92. The average Bonchev–Trinajstić information content (AvgIpc) is 2.79. The number of anilines is 2. The second-order valence-corrected chi connectivity index (χ2v) is 9.45. The first kappa shape index (κ1) is 23.6. The normalized spacial score (nSPS) is 11.1. The van der Waals surface area contributed by atoms with Crippen molar-refractivity contribution in [1.29, 1.82) is 0 Å². The molecule has 0 bridgehead atoms. The Hall–Kier alpha value is -3.03. The molecule has 0 saturated carbocycles. The number of para-hydroxylation sites is 3. The van der Waals surface area contributed by atoms with Crippen molar-refractivity contribution in [3.8, 4) is 5.75 Å². The summed E-state index contributed by atoms with van der Waals surface area (Å²) in [4.78, 5) is 13.1. The SMILES string of the molecule is CCc1cccc(C)c1NC(=O)CN(c1ccccc1OC)S(=O)(=O)c1ccc(Cl)cc1. The van der Waals surface area contributed by atoms with Gasteiger partial charge < -0.3 is 10.1 Å².